The first kappa shape index (κ1) is 23.0. The summed E-state index contributed by atoms with van der Waals surface area (Å²) >= 11 is 0. The van der Waals surface area contributed by atoms with Gasteiger partial charge in [0.15, 0.2) is 5.78 Å². The number of aliphatic hydroxyl groups is 2. The molecule has 1 heterocycles. The van der Waals surface area contributed by atoms with Crippen LogP contribution in [0.2, 0.25) is 0 Å². The average Bonchev–Trinajstić information content (AvgIpc) is 3.12. The van der Waals surface area contributed by atoms with Crippen LogP contribution in [0.1, 0.15) is 66.2 Å². The second kappa shape index (κ2) is 7.91. The Bertz CT molecular complexity index is 959. The number of esters is 1. The highest BCUT2D eigenvalue weighted by atomic mass is 16.5. The second-order valence-corrected chi connectivity index (χ2v) is 11.8. The zero-order valence-corrected chi connectivity index (χ0v) is 20.3. The third-order valence-electron chi connectivity index (χ3n) is 10.6. The fourth-order valence-corrected chi connectivity index (χ4v) is 8.67. The van der Waals surface area contributed by atoms with Crippen molar-refractivity contribution in [3.8, 4) is 0 Å². The molecule has 180 valence electrons. The predicted octanol–water partition coefficient (Wildman–Crippen LogP) is 4.14. The van der Waals surface area contributed by atoms with Gasteiger partial charge in [0, 0.05) is 6.42 Å². The Morgan fingerprint density at radius 3 is 2.64 bits per heavy atom. The molecule has 5 rings (SSSR count). The van der Waals surface area contributed by atoms with Crippen LogP contribution in [-0.4, -0.2) is 40.8 Å². The summed E-state index contributed by atoms with van der Waals surface area (Å²) in [6, 6.07) is 0. The van der Waals surface area contributed by atoms with Gasteiger partial charge in [0.1, 0.15) is 6.10 Å². The number of allylic oxidation sites excluding steroid dienone is 3. The molecule has 2 fully saturated rings. The molecule has 9 atom stereocenters. The third-order valence-corrected chi connectivity index (χ3v) is 10.6. The Morgan fingerprint density at radius 2 is 1.94 bits per heavy atom. The Balaban J connectivity index is 1.42. The van der Waals surface area contributed by atoms with Crippen molar-refractivity contribution in [1.82, 2.24) is 0 Å². The number of ketones is 1. The van der Waals surface area contributed by atoms with Gasteiger partial charge in [0.25, 0.3) is 0 Å². The molecule has 5 nitrogen and oxygen atoms in total. The molecule has 2 saturated carbocycles. The Hall–Kier alpha value is -1.72. The molecule has 0 aromatic heterocycles. The molecule has 4 aliphatic carbocycles. The van der Waals surface area contributed by atoms with Crippen LogP contribution in [0.15, 0.2) is 34.9 Å². The number of rotatable bonds is 3. The van der Waals surface area contributed by atoms with Crippen LogP contribution in [0.25, 0.3) is 0 Å². The maximum atomic E-state index is 13.1. The van der Waals surface area contributed by atoms with Crippen molar-refractivity contribution >= 4 is 11.8 Å². The molecule has 0 amide bonds. The van der Waals surface area contributed by atoms with Gasteiger partial charge in [-0.1, -0.05) is 37.1 Å². The number of hydrogen-bond acceptors (Lipinski definition) is 5. The van der Waals surface area contributed by atoms with Crippen LogP contribution in [0.3, 0.4) is 0 Å². The van der Waals surface area contributed by atoms with Crippen molar-refractivity contribution in [3.05, 3.63) is 34.9 Å². The number of hydrogen-bond donors (Lipinski definition) is 2. The molecule has 5 aliphatic rings. The van der Waals surface area contributed by atoms with Crippen molar-refractivity contribution in [3.63, 3.8) is 0 Å². The number of cyclic esters (lactones) is 1. The summed E-state index contributed by atoms with van der Waals surface area (Å²) in [7, 11) is 0. The summed E-state index contributed by atoms with van der Waals surface area (Å²) in [5, 5.41) is 20.8. The summed E-state index contributed by atoms with van der Waals surface area (Å²) in [5.41, 5.74) is 2.02. The van der Waals surface area contributed by atoms with Crippen LogP contribution < -0.4 is 0 Å². The minimum atomic E-state index is -0.499. The fourth-order valence-electron chi connectivity index (χ4n) is 8.67. The fraction of sp³-hybridized carbons (Fsp3) is 0.714. The molecule has 0 radical (unpaired) electrons. The zero-order valence-electron chi connectivity index (χ0n) is 20.3. The molecule has 0 saturated heterocycles. The molecule has 0 spiro atoms. The summed E-state index contributed by atoms with van der Waals surface area (Å²) in [6.45, 7) is 8.37. The van der Waals surface area contributed by atoms with Crippen molar-refractivity contribution in [2.75, 3.05) is 6.61 Å². The Kier molecular flexibility index (Phi) is 5.52. The van der Waals surface area contributed by atoms with Gasteiger partial charge >= 0.3 is 5.97 Å². The lowest BCUT2D eigenvalue weighted by Crippen LogP contribution is -2.56. The molecule has 1 aliphatic heterocycles. The van der Waals surface area contributed by atoms with E-state index in [4.69, 9.17) is 4.74 Å². The first-order valence-electron chi connectivity index (χ1n) is 12.7. The third kappa shape index (κ3) is 3.18. The Morgan fingerprint density at radius 1 is 1.18 bits per heavy atom. The van der Waals surface area contributed by atoms with E-state index >= 15 is 0 Å². The molecule has 5 heteroatoms. The maximum absolute atomic E-state index is 13.1. The summed E-state index contributed by atoms with van der Waals surface area (Å²) in [6.07, 6.45) is 10.6. The van der Waals surface area contributed by atoms with Gasteiger partial charge in [-0.05, 0) is 87.0 Å². The van der Waals surface area contributed by atoms with E-state index in [2.05, 4.69) is 20.8 Å². The van der Waals surface area contributed by atoms with Gasteiger partial charge in [-0.15, -0.1) is 0 Å². The highest BCUT2D eigenvalue weighted by molar-refractivity contribution is 5.98. The van der Waals surface area contributed by atoms with E-state index in [1.54, 1.807) is 6.08 Å². The van der Waals surface area contributed by atoms with Crippen molar-refractivity contribution < 1.29 is 24.5 Å². The lowest BCUT2D eigenvalue weighted by molar-refractivity contribution is -0.153. The van der Waals surface area contributed by atoms with Crippen LogP contribution in [0.5, 0.6) is 0 Å². The van der Waals surface area contributed by atoms with Crippen molar-refractivity contribution in [2.45, 2.75) is 78.4 Å². The minimum Gasteiger partial charge on any atom is -0.458 e. The van der Waals surface area contributed by atoms with E-state index in [-0.39, 0.29) is 47.6 Å². The van der Waals surface area contributed by atoms with Gasteiger partial charge in [-0.3, -0.25) is 4.79 Å². The van der Waals surface area contributed by atoms with Crippen molar-refractivity contribution in [1.29, 1.82) is 0 Å². The number of carbonyl (C=O) groups is 2. The summed E-state index contributed by atoms with van der Waals surface area (Å²) in [5.74, 6) is 1.07. The van der Waals surface area contributed by atoms with E-state index in [1.165, 1.54) is 0 Å². The molecule has 33 heavy (non-hydrogen) atoms. The monoisotopic (exact) mass is 454 g/mol. The molecular weight excluding hydrogens is 416 g/mol. The molecule has 0 bridgehead atoms. The van der Waals surface area contributed by atoms with Gasteiger partial charge in [-0.2, -0.15) is 0 Å². The second-order valence-electron chi connectivity index (χ2n) is 11.8. The zero-order chi connectivity index (χ0) is 23.7. The number of carbonyl (C=O) groups excluding carboxylic acids is 2. The van der Waals surface area contributed by atoms with E-state index in [1.807, 2.05) is 19.1 Å². The minimum absolute atomic E-state index is 0.0537. The predicted molar refractivity (Wildman–Crippen MR) is 125 cm³/mol. The lowest BCUT2D eigenvalue weighted by Gasteiger charge is -2.58. The number of ether oxygens (including phenoxy) is 1. The molecule has 0 aromatic carbocycles. The standard InChI is InChI=1S/C28H38O5/c1-15-12-23(33-26(32)18(15)14-29)16(2)19-8-9-20-25-21(10-11-27(19,20)3)28(4)17(13-22(25)30)6-5-7-24(28)31/h5,7,13,16,19-23,25,29-30H,6,8-12,14H2,1-4H3/t16-,19+,20-,21-,22+,23+,25-,27+,28-/m0/s1. The normalized spacial score (nSPS) is 45.7. The summed E-state index contributed by atoms with van der Waals surface area (Å²) < 4.78 is 5.82. The topological polar surface area (TPSA) is 83.8 Å². The highest BCUT2D eigenvalue weighted by Crippen LogP contribution is 2.66. The summed E-state index contributed by atoms with van der Waals surface area (Å²) in [4.78, 5) is 25.5. The maximum Gasteiger partial charge on any atom is 0.336 e. The van der Waals surface area contributed by atoms with Crippen LogP contribution in [-0.2, 0) is 14.3 Å². The Labute approximate surface area is 197 Å². The van der Waals surface area contributed by atoms with E-state index < -0.39 is 11.5 Å². The van der Waals surface area contributed by atoms with Crippen LogP contribution in [0.4, 0.5) is 0 Å². The number of fused-ring (bicyclic) bond motifs is 5. The molecule has 2 N–H and O–H groups in total. The van der Waals surface area contributed by atoms with Crippen LogP contribution in [0, 0.1) is 40.4 Å². The van der Waals surface area contributed by atoms with Crippen molar-refractivity contribution in [2.24, 2.45) is 40.4 Å². The molecule has 0 aromatic rings. The van der Waals surface area contributed by atoms with E-state index in [0.717, 1.165) is 43.3 Å². The number of aliphatic hydroxyl groups excluding tert-OH is 2. The highest BCUT2D eigenvalue weighted by Gasteiger charge is 2.62. The first-order chi connectivity index (χ1) is 15.6. The van der Waals surface area contributed by atoms with Crippen LogP contribution >= 0.6 is 0 Å². The molecule has 0 unspecified atom stereocenters. The van der Waals surface area contributed by atoms with Gasteiger partial charge in [-0.25, -0.2) is 4.79 Å². The first-order valence-corrected chi connectivity index (χ1v) is 12.7. The smallest absolute Gasteiger partial charge is 0.336 e. The van der Waals surface area contributed by atoms with Gasteiger partial charge < -0.3 is 14.9 Å². The van der Waals surface area contributed by atoms with Gasteiger partial charge in [0.2, 0.25) is 0 Å². The van der Waals surface area contributed by atoms with E-state index in [0.29, 0.717) is 23.8 Å². The SMILES string of the molecule is CC1=C(CO)C(=O)O[C@@H]([C@@H](C)[C@H]2CC[C@H]3[C@@H]4[C@H](O)C=C5CC=CC(=O)[C@]5(C)[C@H]4CC[C@]23C)C1. The average molecular weight is 455 g/mol. The van der Waals surface area contributed by atoms with E-state index in [9.17, 15) is 19.8 Å². The quantitative estimate of drug-likeness (QED) is 0.495. The molecular formula is C28H38O5. The lowest BCUT2D eigenvalue weighted by atomic mass is 9.46. The largest absolute Gasteiger partial charge is 0.458 e. The van der Waals surface area contributed by atoms with Gasteiger partial charge in [0.05, 0.1) is 23.7 Å².